The van der Waals surface area contributed by atoms with Crippen LogP contribution in [0.2, 0.25) is 0 Å². The monoisotopic (exact) mass is 295 g/mol. The molecule has 1 N–H and O–H groups in total. The van der Waals surface area contributed by atoms with Crippen molar-refractivity contribution in [1.29, 1.82) is 0 Å². The molecule has 1 heterocycles. The third-order valence-electron chi connectivity index (χ3n) is 3.47. The fourth-order valence-electron chi connectivity index (χ4n) is 2.26. The molecule has 1 atom stereocenters. The van der Waals surface area contributed by atoms with Crippen LogP contribution < -0.4 is 4.74 Å². The first-order valence-electron chi connectivity index (χ1n) is 6.75. The molecule has 1 saturated heterocycles. The Morgan fingerprint density at radius 3 is 2.86 bits per heavy atom. The van der Waals surface area contributed by atoms with Gasteiger partial charge in [-0.3, -0.25) is 10.1 Å². The number of ether oxygens (including phenoxy) is 2. The summed E-state index contributed by atoms with van der Waals surface area (Å²) < 4.78 is 11.1. The van der Waals surface area contributed by atoms with Crippen molar-refractivity contribution in [2.45, 2.75) is 32.3 Å². The van der Waals surface area contributed by atoms with E-state index in [2.05, 4.69) is 0 Å². The molecule has 1 aromatic carbocycles. The summed E-state index contributed by atoms with van der Waals surface area (Å²) in [5.74, 6) is -1.01. The highest BCUT2D eigenvalue weighted by Crippen LogP contribution is 2.30. The molecule has 0 aromatic heterocycles. The minimum absolute atomic E-state index is 0.0503. The number of hydrogen-bond acceptors (Lipinski definition) is 5. The maximum absolute atomic E-state index is 11.0. The standard InChI is InChI=1S/C14H17NO6/c1-9-12(15(18)19)6-10(14(16)17)7-13(9)21-8-11-4-2-3-5-20-11/h6-7,11H,2-5,8H2,1H3,(H,16,17). The van der Waals surface area contributed by atoms with Crippen LogP contribution >= 0.6 is 0 Å². The predicted molar refractivity (Wildman–Crippen MR) is 73.9 cm³/mol. The smallest absolute Gasteiger partial charge is 0.336 e. The Labute approximate surface area is 121 Å². The maximum atomic E-state index is 11.0. The molecular formula is C14H17NO6. The first-order chi connectivity index (χ1) is 9.99. The summed E-state index contributed by atoms with van der Waals surface area (Å²) in [5.41, 5.74) is -0.0952. The molecule has 0 bridgehead atoms. The molecule has 1 unspecified atom stereocenters. The Hall–Kier alpha value is -2.15. The van der Waals surface area contributed by atoms with E-state index < -0.39 is 10.9 Å². The summed E-state index contributed by atoms with van der Waals surface area (Å²) >= 11 is 0. The van der Waals surface area contributed by atoms with Crippen molar-refractivity contribution in [3.8, 4) is 5.75 Å². The summed E-state index contributed by atoms with van der Waals surface area (Å²) in [6, 6.07) is 2.36. The molecule has 7 heteroatoms. The molecule has 1 aliphatic rings. The van der Waals surface area contributed by atoms with Gasteiger partial charge in [0.1, 0.15) is 12.4 Å². The Kier molecular flexibility index (Phi) is 4.74. The van der Waals surface area contributed by atoms with Crippen LogP contribution in [-0.2, 0) is 4.74 Å². The van der Waals surface area contributed by atoms with Crippen LogP contribution in [0.25, 0.3) is 0 Å². The molecule has 1 aromatic rings. The molecule has 2 rings (SSSR count). The molecule has 0 radical (unpaired) electrons. The molecule has 0 amide bonds. The van der Waals surface area contributed by atoms with Gasteiger partial charge in [-0.2, -0.15) is 0 Å². The van der Waals surface area contributed by atoms with E-state index in [4.69, 9.17) is 14.6 Å². The molecule has 114 valence electrons. The molecular weight excluding hydrogens is 278 g/mol. The average molecular weight is 295 g/mol. The van der Waals surface area contributed by atoms with Gasteiger partial charge in [-0.1, -0.05) is 0 Å². The van der Waals surface area contributed by atoms with Gasteiger partial charge in [0.25, 0.3) is 5.69 Å². The number of benzene rings is 1. The lowest BCUT2D eigenvalue weighted by atomic mass is 10.1. The fourth-order valence-corrected chi connectivity index (χ4v) is 2.26. The zero-order chi connectivity index (χ0) is 15.4. The normalized spacial score (nSPS) is 18.2. The van der Waals surface area contributed by atoms with Gasteiger partial charge in [-0.25, -0.2) is 4.79 Å². The van der Waals surface area contributed by atoms with E-state index in [1.165, 1.54) is 6.07 Å². The van der Waals surface area contributed by atoms with Crippen LogP contribution in [0.3, 0.4) is 0 Å². The van der Waals surface area contributed by atoms with E-state index in [1.807, 2.05) is 0 Å². The molecule has 0 spiro atoms. The Morgan fingerprint density at radius 1 is 1.52 bits per heavy atom. The van der Waals surface area contributed by atoms with Crippen molar-refractivity contribution < 1.29 is 24.3 Å². The van der Waals surface area contributed by atoms with Crippen LogP contribution in [0.4, 0.5) is 5.69 Å². The minimum Gasteiger partial charge on any atom is -0.490 e. The molecule has 1 fully saturated rings. The van der Waals surface area contributed by atoms with Gasteiger partial charge >= 0.3 is 5.97 Å². The SMILES string of the molecule is Cc1c(OCC2CCCCO2)cc(C(=O)O)cc1[N+](=O)[O-]. The van der Waals surface area contributed by atoms with Gasteiger partial charge in [0, 0.05) is 12.7 Å². The Bertz CT molecular complexity index is 551. The number of aromatic carboxylic acids is 1. The van der Waals surface area contributed by atoms with Crippen molar-refractivity contribution in [2.75, 3.05) is 13.2 Å². The lowest BCUT2D eigenvalue weighted by molar-refractivity contribution is -0.385. The molecule has 21 heavy (non-hydrogen) atoms. The van der Waals surface area contributed by atoms with E-state index in [0.29, 0.717) is 12.2 Å². The van der Waals surface area contributed by atoms with Gasteiger partial charge in [-0.15, -0.1) is 0 Å². The third kappa shape index (κ3) is 3.69. The number of nitro benzene ring substituents is 1. The Morgan fingerprint density at radius 2 is 2.29 bits per heavy atom. The number of nitro groups is 1. The van der Waals surface area contributed by atoms with Gasteiger partial charge < -0.3 is 14.6 Å². The summed E-state index contributed by atoms with van der Waals surface area (Å²) in [5, 5.41) is 20.0. The highest BCUT2D eigenvalue weighted by Gasteiger charge is 2.21. The van der Waals surface area contributed by atoms with Crippen molar-refractivity contribution >= 4 is 11.7 Å². The minimum atomic E-state index is -1.23. The number of carboxylic acid groups (broad SMARTS) is 1. The molecule has 0 aliphatic carbocycles. The lowest BCUT2D eigenvalue weighted by Gasteiger charge is -2.23. The van der Waals surface area contributed by atoms with Gasteiger partial charge in [0.15, 0.2) is 0 Å². The van der Waals surface area contributed by atoms with Gasteiger partial charge in [-0.05, 0) is 32.3 Å². The van der Waals surface area contributed by atoms with Crippen LogP contribution in [0, 0.1) is 17.0 Å². The summed E-state index contributed by atoms with van der Waals surface area (Å²) in [4.78, 5) is 21.4. The number of carboxylic acids is 1. The first kappa shape index (κ1) is 15.2. The number of rotatable bonds is 5. The number of hydrogen-bond donors (Lipinski definition) is 1. The Balaban J connectivity index is 2.20. The number of carbonyl (C=O) groups is 1. The zero-order valence-corrected chi connectivity index (χ0v) is 11.7. The van der Waals surface area contributed by atoms with Crippen LogP contribution in [-0.4, -0.2) is 35.3 Å². The van der Waals surface area contributed by atoms with Crippen LogP contribution in [0.15, 0.2) is 12.1 Å². The first-order valence-corrected chi connectivity index (χ1v) is 6.75. The quantitative estimate of drug-likeness (QED) is 0.662. The largest absolute Gasteiger partial charge is 0.490 e. The van der Waals surface area contributed by atoms with Gasteiger partial charge in [0.2, 0.25) is 0 Å². The molecule has 1 aliphatic heterocycles. The predicted octanol–water partition coefficient (Wildman–Crippen LogP) is 2.55. The van der Waals surface area contributed by atoms with E-state index >= 15 is 0 Å². The van der Waals surface area contributed by atoms with E-state index in [9.17, 15) is 14.9 Å². The lowest BCUT2D eigenvalue weighted by Crippen LogP contribution is -2.26. The van der Waals surface area contributed by atoms with Crippen molar-refractivity contribution in [3.05, 3.63) is 33.4 Å². The highest BCUT2D eigenvalue weighted by molar-refractivity contribution is 5.89. The number of nitrogens with zero attached hydrogens (tertiary/aromatic N) is 1. The second-order valence-corrected chi connectivity index (χ2v) is 4.98. The highest BCUT2D eigenvalue weighted by atomic mass is 16.6. The summed E-state index contributed by atoms with van der Waals surface area (Å²) in [6.45, 7) is 2.49. The molecule has 7 nitrogen and oxygen atoms in total. The van der Waals surface area contributed by atoms with Crippen LogP contribution in [0.5, 0.6) is 5.75 Å². The topological polar surface area (TPSA) is 98.9 Å². The van der Waals surface area contributed by atoms with E-state index in [1.54, 1.807) is 6.92 Å². The average Bonchev–Trinajstić information content (AvgIpc) is 2.46. The van der Waals surface area contributed by atoms with Gasteiger partial charge in [0.05, 0.1) is 22.2 Å². The fraction of sp³-hybridized carbons (Fsp3) is 0.500. The van der Waals surface area contributed by atoms with E-state index in [-0.39, 0.29) is 29.7 Å². The van der Waals surface area contributed by atoms with Crippen molar-refractivity contribution in [3.63, 3.8) is 0 Å². The van der Waals surface area contributed by atoms with Crippen molar-refractivity contribution in [2.24, 2.45) is 0 Å². The van der Waals surface area contributed by atoms with Crippen LogP contribution in [0.1, 0.15) is 35.2 Å². The maximum Gasteiger partial charge on any atom is 0.336 e. The molecule has 0 saturated carbocycles. The van der Waals surface area contributed by atoms with Crippen molar-refractivity contribution in [1.82, 2.24) is 0 Å². The zero-order valence-electron chi connectivity index (χ0n) is 11.7. The summed E-state index contributed by atoms with van der Waals surface area (Å²) in [6.07, 6.45) is 2.91. The second-order valence-electron chi connectivity index (χ2n) is 4.98. The summed E-state index contributed by atoms with van der Waals surface area (Å²) in [7, 11) is 0. The van der Waals surface area contributed by atoms with E-state index in [0.717, 1.165) is 25.3 Å². The second kappa shape index (κ2) is 6.53. The third-order valence-corrected chi connectivity index (χ3v) is 3.47.